The summed E-state index contributed by atoms with van der Waals surface area (Å²) in [6.07, 6.45) is 1.15. The summed E-state index contributed by atoms with van der Waals surface area (Å²) < 4.78 is 0. The zero-order valence-corrected chi connectivity index (χ0v) is 10.8. The van der Waals surface area contributed by atoms with Gasteiger partial charge in [0.2, 0.25) is 0 Å². The smallest absolute Gasteiger partial charge is 0.257 e. The second-order valence-corrected chi connectivity index (χ2v) is 5.26. The summed E-state index contributed by atoms with van der Waals surface area (Å²) in [5.41, 5.74) is 0.368. The molecule has 0 unspecified atom stereocenters. The Morgan fingerprint density at radius 1 is 1.33 bits per heavy atom. The fourth-order valence-electron chi connectivity index (χ4n) is 2.19. The SMILES string of the molecule is Cc1cccc(C(=O)N2CCC(C)(O)CC2)c1O. The largest absolute Gasteiger partial charge is 0.507 e. The minimum Gasteiger partial charge on any atom is -0.507 e. The molecule has 0 atom stereocenters. The van der Waals surface area contributed by atoms with E-state index >= 15 is 0 Å². The number of likely N-dealkylation sites (tertiary alicyclic amines) is 1. The van der Waals surface area contributed by atoms with Crippen molar-refractivity contribution in [2.24, 2.45) is 0 Å². The molecule has 0 aromatic heterocycles. The number of para-hydroxylation sites is 1. The predicted octanol–water partition coefficient (Wildman–Crippen LogP) is 1.69. The average molecular weight is 249 g/mol. The van der Waals surface area contributed by atoms with Gasteiger partial charge in [-0.25, -0.2) is 0 Å². The minimum atomic E-state index is -0.675. The average Bonchev–Trinajstić information content (AvgIpc) is 2.32. The minimum absolute atomic E-state index is 0.0554. The molecule has 2 rings (SSSR count). The first-order valence-corrected chi connectivity index (χ1v) is 6.21. The lowest BCUT2D eigenvalue weighted by molar-refractivity contribution is -0.00208. The molecule has 1 aliphatic heterocycles. The molecule has 2 N–H and O–H groups in total. The molecule has 1 fully saturated rings. The number of rotatable bonds is 1. The Labute approximate surface area is 107 Å². The Bertz CT molecular complexity index is 458. The van der Waals surface area contributed by atoms with Crippen molar-refractivity contribution in [1.82, 2.24) is 4.90 Å². The topological polar surface area (TPSA) is 60.8 Å². The molecule has 0 radical (unpaired) electrons. The Morgan fingerprint density at radius 2 is 1.94 bits per heavy atom. The van der Waals surface area contributed by atoms with Gasteiger partial charge in [0.15, 0.2) is 0 Å². The zero-order valence-electron chi connectivity index (χ0n) is 10.8. The van der Waals surface area contributed by atoms with Crippen LogP contribution in [0.3, 0.4) is 0 Å². The van der Waals surface area contributed by atoms with Crippen LogP contribution >= 0.6 is 0 Å². The monoisotopic (exact) mass is 249 g/mol. The van der Waals surface area contributed by atoms with Crippen LogP contribution < -0.4 is 0 Å². The van der Waals surface area contributed by atoms with Crippen molar-refractivity contribution in [3.8, 4) is 5.75 Å². The molecule has 1 aliphatic rings. The van der Waals surface area contributed by atoms with Crippen molar-refractivity contribution >= 4 is 5.91 Å². The van der Waals surface area contributed by atoms with Crippen molar-refractivity contribution in [2.75, 3.05) is 13.1 Å². The van der Waals surface area contributed by atoms with Gasteiger partial charge in [0.25, 0.3) is 5.91 Å². The summed E-state index contributed by atoms with van der Waals surface area (Å²) in [6.45, 7) is 4.62. The van der Waals surface area contributed by atoms with Gasteiger partial charge in [0.1, 0.15) is 5.75 Å². The summed E-state index contributed by atoms with van der Waals surface area (Å²) in [5.74, 6) is -0.105. The number of hydrogen-bond donors (Lipinski definition) is 2. The Kier molecular flexibility index (Phi) is 3.30. The second-order valence-electron chi connectivity index (χ2n) is 5.26. The van der Waals surface area contributed by atoms with Gasteiger partial charge >= 0.3 is 0 Å². The maximum absolute atomic E-state index is 12.3. The first-order chi connectivity index (χ1) is 8.41. The maximum Gasteiger partial charge on any atom is 0.257 e. The van der Waals surface area contributed by atoms with Gasteiger partial charge in [-0.05, 0) is 38.3 Å². The third-order valence-corrected chi connectivity index (χ3v) is 3.60. The molecule has 18 heavy (non-hydrogen) atoms. The Morgan fingerprint density at radius 3 is 2.56 bits per heavy atom. The van der Waals surface area contributed by atoms with E-state index in [9.17, 15) is 15.0 Å². The molecule has 1 saturated heterocycles. The van der Waals surface area contributed by atoms with Gasteiger partial charge in [0, 0.05) is 13.1 Å². The highest BCUT2D eigenvalue weighted by atomic mass is 16.3. The van der Waals surface area contributed by atoms with Crippen LogP contribution in [0.15, 0.2) is 18.2 Å². The molecule has 0 saturated carbocycles. The quantitative estimate of drug-likeness (QED) is 0.796. The third-order valence-electron chi connectivity index (χ3n) is 3.60. The molecule has 98 valence electrons. The number of nitrogens with zero attached hydrogens (tertiary/aromatic N) is 1. The van der Waals surface area contributed by atoms with Crippen LogP contribution in [0.4, 0.5) is 0 Å². The van der Waals surface area contributed by atoms with Crippen LogP contribution in [0.2, 0.25) is 0 Å². The number of aliphatic hydroxyl groups is 1. The summed E-state index contributed by atoms with van der Waals surface area (Å²) in [4.78, 5) is 14.0. The van der Waals surface area contributed by atoms with E-state index in [1.54, 1.807) is 36.9 Å². The standard InChI is InChI=1S/C14H19NO3/c1-10-4-3-5-11(12(10)16)13(17)15-8-6-14(2,18)7-9-15/h3-5,16,18H,6-9H2,1-2H3. The van der Waals surface area contributed by atoms with E-state index in [-0.39, 0.29) is 11.7 Å². The molecule has 1 aromatic carbocycles. The summed E-state index contributed by atoms with van der Waals surface area (Å²) >= 11 is 0. The number of piperidine rings is 1. The third kappa shape index (κ3) is 2.48. The van der Waals surface area contributed by atoms with Gasteiger partial charge < -0.3 is 15.1 Å². The van der Waals surface area contributed by atoms with Crippen molar-refractivity contribution in [1.29, 1.82) is 0 Å². The molecule has 0 aliphatic carbocycles. The van der Waals surface area contributed by atoms with E-state index in [1.807, 2.05) is 0 Å². The van der Waals surface area contributed by atoms with E-state index in [0.717, 1.165) is 0 Å². The molecule has 1 heterocycles. The van der Waals surface area contributed by atoms with E-state index < -0.39 is 5.60 Å². The first-order valence-electron chi connectivity index (χ1n) is 6.21. The number of carbonyl (C=O) groups excluding carboxylic acids is 1. The Hall–Kier alpha value is -1.55. The van der Waals surface area contributed by atoms with Gasteiger partial charge in [0.05, 0.1) is 11.2 Å². The molecule has 1 amide bonds. The van der Waals surface area contributed by atoms with Crippen molar-refractivity contribution in [3.63, 3.8) is 0 Å². The van der Waals surface area contributed by atoms with Crippen molar-refractivity contribution in [2.45, 2.75) is 32.3 Å². The number of aromatic hydroxyl groups is 1. The number of amides is 1. The highest BCUT2D eigenvalue weighted by Crippen LogP contribution is 2.26. The van der Waals surface area contributed by atoms with E-state index in [0.29, 0.717) is 37.1 Å². The number of phenols is 1. The molecular weight excluding hydrogens is 230 g/mol. The molecule has 0 bridgehead atoms. The van der Waals surface area contributed by atoms with Crippen LogP contribution in [0.5, 0.6) is 5.75 Å². The fraction of sp³-hybridized carbons (Fsp3) is 0.500. The predicted molar refractivity (Wildman–Crippen MR) is 68.6 cm³/mol. The van der Waals surface area contributed by atoms with E-state index in [4.69, 9.17) is 0 Å². The van der Waals surface area contributed by atoms with Crippen LogP contribution in [-0.2, 0) is 0 Å². The lowest BCUT2D eigenvalue weighted by atomic mass is 9.93. The van der Waals surface area contributed by atoms with Gasteiger partial charge in [-0.2, -0.15) is 0 Å². The maximum atomic E-state index is 12.3. The summed E-state index contributed by atoms with van der Waals surface area (Å²) in [7, 11) is 0. The number of hydrogen-bond acceptors (Lipinski definition) is 3. The van der Waals surface area contributed by atoms with Gasteiger partial charge in [-0.15, -0.1) is 0 Å². The second kappa shape index (κ2) is 4.61. The van der Waals surface area contributed by atoms with Crippen LogP contribution in [0, 0.1) is 6.92 Å². The van der Waals surface area contributed by atoms with Crippen LogP contribution in [-0.4, -0.2) is 39.7 Å². The molecular formula is C14H19NO3. The first kappa shape index (κ1) is 12.9. The lowest BCUT2D eigenvalue weighted by Crippen LogP contribution is -2.45. The highest BCUT2D eigenvalue weighted by molar-refractivity contribution is 5.97. The van der Waals surface area contributed by atoms with Gasteiger partial charge in [-0.3, -0.25) is 4.79 Å². The highest BCUT2D eigenvalue weighted by Gasteiger charge is 2.30. The normalized spacial score (nSPS) is 18.7. The number of phenolic OH excluding ortho intramolecular Hbond substituents is 1. The summed E-state index contributed by atoms with van der Waals surface area (Å²) in [6, 6.07) is 5.17. The lowest BCUT2D eigenvalue weighted by Gasteiger charge is -2.35. The molecule has 4 heteroatoms. The zero-order chi connectivity index (χ0) is 13.3. The Balaban J connectivity index is 2.15. The van der Waals surface area contributed by atoms with E-state index in [2.05, 4.69) is 0 Å². The molecule has 1 aromatic rings. The number of benzene rings is 1. The van der Waals surface area contributed by atoms with Crippen LogP contribution in [0.25, 0.3) is 0 Å². The van der Waals surface area contributed by atoms with Crippen molar-refractivity contribution in [3.05, 3.63) is 29.3 Å². The number of aryl methyl sites for hydroxylation is 1. The molecule has 4 nitrogen and oxygen atoms in total. The molecule has 0 spiro atoms. The number of carbonyl (C=O) groups is 1. The van der Waals surface area contributed by atoms with Crippen LogP contribution in [0.1, 0.15) is 35.7 Å². The van der Waals surface area contributed by atoms with Crippen molar-refractivity contribution < 1.29 is 15.0 Å². The summed E-state index contributed by atoms with van der Waals surface area (Å²) in [5, 5.41) is 19.8. The fourth-order valence-corrected chi connectivity index (χ4v) is 2.19. The van der Waals surface area contributed by atoms with Gasteiger partial charge in [-0.1, -0.05) is 12.1 Å². The van der Waals surface area contributed by atoms with E-state index in [1.165, 1.54) is 0 Å².